The molecule has 0 saturated heterocycles. The summed E-state index contributed by atoms with van der Waals surface area (Å²) in [6, 6.07) is 3.96. The van der Waals surface area contributed by atoms with Crippen LogP contribution in [-0.4, -0.2) is 17.1 Å². The molecule has 0 aliphatic heterocycles. The lowest BCUT2D eigenvalue weighted by atomic mass is 10.1. The fourth-order valence-corrected chi connectivity index (χ4v) is 2.14. The molecule has 0 amide bonds. The van der Waals surface area contributed by atoms with Crippen molar-refractivity contribution >= 4 is 0 Å². The maximum Gasteiger partial charge on any atom is 0.159 e. The smallest absolute Gasteiger partial charge is 0.159 e. The van der Waals surface area contributed by atoms with Crippen LogP contribution in [0.15, 0.2) is 22.7 Å². The van der Waals surface area contributed by atoms with Gasteiger partial charge < -0.3 is 4.52 Å². The van der Waals surface area contributed by atoms with Gasteiger partial charge in [0, 0.05) is 18.2 Å². The monoisotopic (exact) mass is 280 g/mol. The molecule has 0 radical (unpaired) electrons. The van der Waals surface area contributed by atoms with E-state index in [1.165, 1.54) is 6.07 Å². The highest BCUT2D eigenvalue weighted by Gasteiger charge is 2.17. The number of aromatic nitrogens is 1. The topological polar surface area (TPSA) is 29.3 Å². The van der Waals surface area contributed by atoms with Crippen molar-refractivity contribution in [2.45, 2.75) is 33.4 Å². The minimum absolute atomic E-state index is 0.0428. The van der Waals surface area contributed by atoms with Crippen molar-refractivity contribution in [3.63, 3.8) is 0 Å². The van der Waals surface area contributed by atoms with Gasteiger partial charge in [0.25, 0.3) is 0 Å². The van der Waals surface area contributed by atoms with Gasteiger partial charge in [0.1, 0.15) is 5.76 Å². The van der Waals surface area contributed by atoms with Crippen LogP contribution in [0.1, 0.15) is 35.5 Å². The van der Waals surface area contributed by atoms with Crippen molar-refractivity contribution < 1.29 is 13.3 Å². The molecule has 1 heterocycles. The van der Waals surface area contributed by atoms with E-state index in [4.69, 9.17) is 4.52 Å². The Bertz CT molecular complexity index is 590. The van der Waals surface area contributed by atoms with Gasteiger partial charge in [-0.3, -0.25) is 4.90 Å². The third-order valence-electron chi connectivity index (χ3n) is 3.68. The summed E-state index contributed by atoms with van der Waals surface area (Å²) in [5.74, 6) is -0.860. The molecule has 1 aromatic carbocycles. The number of benzene rings is 1. The maximum absolute atomic E-state index is 13.3. The molecule has 0 unspecified atom stereocenters. The van der Waals surface area contributed by atoms with E-state index in [1.54, 1.807) is 6.07 Å². The quantitative estimate of drug-likeness (QED) is 0.854. The molecule has 0 fully saturated rings. The maximum atomic E-state index is 13.3. The Kier molecular flexibility index (Phi) is 4.18. The Morgan fingerprint density at radius 3 is 2.50 bits per heavy atom. The van der Waals surface area contributed by atoms with Crippen LogP contribution < -0.4 is 0 Å². The molecule has 0 aliphatic rings. The molecule has 108 valence electrons. The van der Waals surface area contributed by atoms with Crippen LogP contribution in [0.5, 0.6) is 0 Å². The van der Waals surface area contributed by atoms with Crippen molar-refractivity contribution in [3.8, 4) is 0 Å². The summed E-state index contributed by atoms with van der Waals surface area (Å²) in [5.41, 5.74) is 2.62. The van der Waals surface area contributed by atoms with E-state index in [0.29, 0.717) is 6.54 Å². The van der Waals surface area contributed by atoms with Crippen molar-refractivity contribution in [1.82, 2.24) is 10.1 Å². The van der Waals surface area contributed by atoms with E-state index >= 15 is 0 Å². The third-order valence-corrected chi connectivity index (χ3v) is 3.68. The fourth-order valence-electron chi connectivity index (χ4n) is 2.14. The number of aryl methyl sites for hydroxylation is 2. The lowest BCUT2D eigenvalue weighted by Crippen LogP contribution is -2.22. The van der Waals surface area contributed by atoms with Crippen LogP contribution in [0.4, 0.5) is 8.78 Å². The Balaban J connectivity index is 2.16. The normalized spacial score (nSPS) is 12.9. The summed E-state index contributed by atoms with van der Waals surface area (Å²) in [7, 11) is 1.93. The van der Waals surface area contributed by atoms with E-state index in [0.717, 1.165) is 28.6 Å². The Hall–Kier alpha value is -1.75. The molecule has 1 aromatic heterocycles. The minimum Gasteiger partial charge on any atom is -0.361 e. The molecule has 0 aliphatic carbocycles. The minimum atomic E-state index is -0.825. The highest BCUT2D eigenvalue weighted by atomic mass is 19.2. The second-order valence-corrected chi connectivity index (χ2v) is 5.07. The fraction of sp³-hybridized carbons (Fsp3) is 0.400. The lowest BCUT2D eigenvalue weighted by Gasteiger charge is -2.25. The van der Waals surface area contributed by atoms with Crippen LogP contribution in [0, 0.1) is 25.5 Å². The summed E-state index contributed by atoms with van der Waals surface area (Å²) in [5, 5.41) is 3.92. The molecule has 0 bridgehead atoms. The van der Waals surface area contributed by atoms with E-state index < -0.39 is 11.6 Å². The molecule has 2 rings (SSSR count). The second-order valence-electron chi connectivity index (χ2n) is 5.07. The van der Waals surface area contributed by atoms with Crippen LogP contribution >= 0.6 is 0 Å². The van der Waals surface area contributed by atoms with Crippen LogP contribution in [0.3, 0.4) is 0 Å². The van der Waals surface area contributed by atoms with E-state index in [9.17, 15) is 8.78 Å². The number of nitrogens with zero attached hydrogens (tertiary/aromatic N) is 2. The first-order valence-corrected chi connectivity index (χ1v) is 6.47. The van der Waals surface area contributed by atoms with Gasteiger partial charge in [-0.25, -0.2) is 8.78 Å². The van der Waals surface area contributed by atoms with Gasteiger partial charge in [-0.15, -0.1) is 0 Å². The van der Waals surface area contributed by atoms with Crippen molar-refractivity contribution in [2.75, 3.05) is 7.05 Å². The van der Waals surface area contributed by atoms with Gasteiger partial charge >= 0.3 is 0 Å². The highest BCUT2D eigenvalue weighted by molar-refractivity contribution is 5.23. The first-order chi connectivity index (χ1) is 9.40. The Morgan fingerprint density at radius 2 is 1.95 bits per heavy atom. The Labute approximate surface area is 117 Å². The molecule has 2 aromatic rings. The van der Waals surface area contributed by atoms with Crippen molar-refractivity contribution in [2.24, 2.45) is 0 Å². The summed E-state index contributed by atoms with van der Waals surface area (Å²) in [6.45, 7) is 6.35. The van der Waals surface area contributed by atoms with Crippen LogP contribution in [0.25, 0.3) is 0 Å². The SMILES string of the molecule is Cc1noc(C)c1CN(C)[C@H](C)c1ccc(F)c(F)c1. The second kappa shape index (κ2) is 5.71. The molecule has 0 spiro atoms. The number of rotatable bonds is 4. The van der Waals surface area contributed by atoms with Crippen LogP contribution in [-0.2, 0) is 6.54 Å². The standard InChI is InChI=1S/C15H18F2N2O/c1-9-13(11(3)20-18-9)8-19(4)10(2)12-5-6-14(16)15(17)7-12/h5-7,10H,8H2,1-4H3/t10-/m1/s1. The molecule has 3 nitrogen and oxygen atoms in total. The summed E-state index contributed by atoms with van der Waals surface area (Å²) in [4.78, 5) is 2.04. The molecule has 5 heteroatoms. The van der Waals surface area contributed by atoms with Crippen LogP contribution in [0.2, 0.25) is 0 Å². The molecular formula is C15H18F2N2O. The average molecular weight is 280 g/mol. The van der Waals surface area contributed by atoms with Crippen molar-refractivity contribution in [3.05, 3.63) is 52.4 Å². The summed E-state index contributed by atoms with van der Waals surface area (Å²) >= 11 is 0. The molecule has 0 N–H and O–H groups in total. The zero-order valence-electron chi connectivity index (χ0n) is 12.1. The lowest BCUT2D eigenvalue weighted by molar-refractivity contribution is 0.250. The summed E-state index contributed by atoms with van der Waals surface area (Å²) < 4.78 is 31.4. The predicted molar refractivity (Wildman–Crippen MR) is 72.2 cm³/mol. The van der Waals surface area contributed by atoms with E-state index in [-0.39, 0.29) is 6.04 Å². The van der Waals surface area contributed by atoms with Gasteiger partial charge in [0.05, 0.1) is 5.69 Å². The van der Waals surface area contributed by atoms with Gasteiger partial charge in [-0.2, -0.15) is 0 Å². The first-order valence-electron chi connectivity index (χ1n) is 6.47. The first kappa shape index (κ1) is 14.7. The molecule has 1 atom stereocenters. The van der Waals surface area contributed by atoms with Gasteiger partial charge in [-0.1, -0.05) is 11.2 Å². The predicted octanol–water partition coefficient (Wildman–Crippen LogP) is 3.76. The largest absolute Gasteiger partial charge is 0.361 e. The zero-order chi connectivity index (χ0) is 14.9. The van der Waals surface area contributed by atoms with Crippen molar-refractivity contribution in [1.29, 1.82) is 0 Å². The number of halogens is 2. The average Bonchev–Trinajstić information content (AvgIpc) is 2.72. The number of hydrogen-bond donors (Lipinski definition) is 0. The molecule has 20 heavy (non-hydrogen) atoms. The molecule has 0 saturated carbocycles. The van der Waals surface area contributed by atoms with Gasteiger partial charge in [0.15, 0.2) is 11.6 Å². The van der Waals surface area contributed by atoms with E-state index in [2.05, 4.69) is 5.16 Å². The van der Waals surface area contributed by atoms with Gasteiger partial charge in [0.2, 0.25) is 0 Å². The molecular weight excluding hydrogens is 262 g/mol. The highest BCUT2D eigenvalue weighted by Crippen LogP contribution is 2.24. The Morgan fingerprint density at radius 1 is 1.25 bits per heavy atom. The van der Waals surface area contributed by atoms with E-state index in [1.807, 2.05) is 32.7 Å². The van der Waals surface area contributed by atoms with Gasteiger partial charge in [-0.05, 0) is 45.5 Å². The number of hydrogen-bond acceptors (Lipinski definition) is 3. The summed E-state index contributed by atoms with van der Waals surface area (Å²) in [6.07, 6.45) is 0. The zero-order valence-corrected chi connectivity index (χ0v) is 12.1. The third kappa shape index (κ3) is 2.88.